The van der Waals surface area contributed by atoms with E-state index in [0.29, 0.717) is 18.5 Å². The van der Waals surface area contributed by atoms with Crippen molar-refractivity contribution in [2.45, 2.75) is 90.3 Å². The Balaban J connectivity index is 2.83. The molecule has 8 heteroatoms. The molecule has 1 aliphatic rings. The zero-order valence-electron chi connectivity index (χ0n) is 19.4. The van der Waals surface area contributed by atoms with Crippen LogP contribution in [-0.2, 0) is 9.53 Å². The molecule has 1 rings (SSSR count). The van der Waals surface area contributed by atoms with Gasteiger partial charge in [-0.3, -0.25) is 4.79 Å². The first-order valence-electron chi connectivity index (χ1n) is 10.8. The summed E-state index contributed by atoms with van der Waals surface area (Å²) < 4.78 is 5.44. The zero-order valence-corrected chi connectivity index (χ0v) is 19.4. The van der Waals surface area contributed by atoms with Gasteiger partial charge in [-0.25, -0.2) is 9.79 Å². The number of amides is 2. The lowest BCUT2D eigenvalue weighted by molar-refractivity contribution is -0.127. The van der Waals surface area contributed by atoms with Crippen LogP contribution in [0.25, 0.3) is 0 Å². The van der Waals surface area contributed by atoms with Crippen molar-refractivity contribution >= 4 is 18.0 Å². The van der Waals surface area contributed by atoms with Crippen molar-refractivity contribution in [3.05, 3.63) is 0 Å². The van der Waals surface area contributed by atoms with Crippen LogP contribution in [0.15, 0.2) is 4.99 Å². The van der Waals surface area contributed by atoms with E-state index in [1.807, 2.05) is 34.6 Å². The van der Waals surface area contributed by atoms with Crippen LogP contribution in [0.3, 0.4) is 0 Å². The number of ether oxygens (including phenoxy) is 1. The number of nitrogens with one attached hydrogen (secondary N) is 3. The van der Waals surface area contributed by atoms with E-state index in [1.165, 1.54) is 17.7 Å². The topological polar surface area (TPSA) is 95.1 Å². The number of hydrogen-bond donors (Lipinski definition) is 3. The third-order valence-electron chi connectivity index (χ3n) is 5.28. The summed E-state index contributed by atoms with van der Waals surface area (Å²) in [6.45, 7) is 10.2. The summed E-state index contributed by atoms with van der Waals surface area (Å²) in [6, 6.07) is 0.368. The highest BCUT2D eigenvalue weighted by molar-refractivity contribution is 5.85. The molecule has 0 bridgehead atoms. The van der Waals surface area contributed by atoms with E-state index in [4.69, 9.17) is 4.74 Å². The van der Waals surface area contributed by atoms with Crippen LogP contribution >= 0.6 is 0 Å². The van der Waals surface area contributed by atoms with E-state index in [2.05, 4.69) is 20.9 Å². The molecule has 8 nitrogen and oxygen atoms in total. The van der Waals surface area contributed by atoms with Crippen LogP contribution in [-0.4, -0.2) is 67.2 Å². The molecular formula is C21H41N5O3. The lowest BCUT2D eigenvalue weighted by Crippen LogP contribution is -2.57. The molecule has 0 atom stereocenters. The van der Waals surface area contributed by atoms with E-state index in [-0.39, 0.29) is 12.5 Å². The molecule has 1 fully saturated rings. The molecule has 0 heterocycles. The van der Waals surface area contributed by atoms with Crippen molar-refractivity contribution in [1.82, 2.24) is 20.9 Å². The number of carbonyl (C=O) groups excluding carboxylic acids is 2. The van der Waals surface area contributed by atoms with E-state index in [0.717, 1.165) is 25.7 Å². The number of nitrogens with zero attached hydrogens (tertiary/aromatic N) is 2. The van der Waals surface area contributed by atoms with E-state index >= 15 is 0 Å². The van der Waals surface area contributed by atoms with Gasteiger partial charge in [0, 0.05) is 26.7 Å². The van der Waals surface area contributed by atoms with Crippen LogP contribution in [0, 0.1) is 0 Å². The maximum Gasteiger partial charge on any atom is 0.408 e. The monoisotopic (exact) mass is 411 g/mol. The molecule has 0 saturated heterocycles. The molecule has 2 amide bonds. The van der Waals surface area contributed by atoms with Gasteiger partial charge in [0.25, 0.3) is 0 Å². The average molecular weight is 412 g/mol. The van der Waals surface area contributed by atoms with Crippen LogP contribution in [0.2, 0.25) is 0 Å². The van der Waals surface area contributed by atoms with Crippen LogP contribution in [0.5, 0.6) is 0 Å². The Morgan fingerprint density at radius 2 is 1.69 bits per heavy atom. The second-order valence-corrected chi connectivity index (χ2v) is 9.05. The quantitative estimate of drug-likeness (QED) is 0.422. The summed E-state index contributed by atoms with van der Waals surface area (Å²) in [5, 5.41) is 9.83. The SMILES string of the molecule is CCC(CC)(CNC(=NCC(=O)N(C)C)NC1CCCC1)NC(=O)OC(C)(C)C. The highest BCUT2D eigenvalue weighted by Crippen LogP contribution is 2.18. The molecule has 0 unspecified atom stereocenters. The van der Waals surface area contributed by atoms with Gasteiger partial charge in [0.05, 0.1) is 5.54 Å². The lowest BCUT2D eigenvalue weighted by atomic mass is 9.93. The van der Waals surface area contributed by atoms with Gasteiger partial charge >= 0.3 is 6.09 Å². The molecular weight excluding hydrogens is 370 g/mol. The molecule has 29 heavy (non-hydrogen) atoms. The van der Waals surface area contributed by atoms with Gasteiger partial charge in [-0.15, -0.1) is 0 Å². The lowest BCUT2D eigenvalue weighted by Gasteiger charge is -2.34. The average Bonchev–Trinajstić information content (AvgIpc) is 3.13. The summed E-state index contributed by atoms with van der Waals surface area (Å²) in [4.78, 5) is 30.3. The largest absolute Gasteiger partial charge is 0.444 e. The molecule has 1 saturated carbocycles. The standard InChI is InChI=1S/C21H41N5O3/c1-8-21(9-2,25-19(28)29-20(3,4)5)15-23-18(22-14-17(27)26(6)7)24-16-12-10-11-13-16/h16H,8-15H2,1-7H3,(H,25,28)(H2,22,23,24). The van der Waals surface area contributed by atoms with Gasteiger partial charge in [-0.1, -0.05) is 26.7 Å². The Bertz CT molecular complexity index is 559. The first-order valence-corrected chi connectivity index (χ1v) is 10.8. The minimum atomic E-state index is -0.548. The minimum Gasteiger partial charge on any atom is -0.444 e. The van der Waals surface area contributed by atoms with Gasteiger partial charge in [-0.05, 0) is 46.5 Å². The normalized spacial score (nSPS) is 15.8. The van der Waals surface area contributed by atoms with Gasteiger partial charge in [0.1, 0.15) is 12.1 Å². The zero-order chi connectivity index (χ0) is 22.1. The highest BCUT2D eigenvalue weighted by Gasteiger charge is 2.31. The molecule has 0 spiro atoms. The molecule has 0 radical (unpaired) electrons. The minimum absolute atomic E-state index is 0.0540. The summed E-state index contributed by atoms with van der Waals surface area (Å²) in [7, 11) is 3.44. The number of carbonyl (C=O) groups is 2. The predicted octanol–water partition coefficient (Wildman–Crippen LogP) is 2.64. The smallest absolute Gasteiger partial charge is 0.408 e. The van der Waals surface area contributed by atoms with Crippen molar-refractivity contribution in [3.8, 4) is 0 Å². The van der Waals surface area contributed by atoms with Gasteiger partial charge in [0.15, 0.2) is 5.96 Å². The number of guanidine groups is 1. The Kier molecular flexibility index (Phi) is 9.73. The Hall–Kier alpha value is -1.99. The summed E-state index contributed by atoms with van der Waals surface area (Å²) in [6.07, 6.45) is 5.67. The molecule has 0 aromatic rings. The van der Waals surface area contributed by atoms with Crippen molar-refractivity contribution in [1.29, 1.82) is 0 Å². The Morgan fingerprint density at radius 1 is 1.10 bits per heavy atom. The van der Waals surface area contributed by atoms with Gasteiger partial charge in [-0.2, -0.15) is 0 Å². The Morgan fingerprint density at radius 3 is 2.17 bits per heavy atom. The second kappa shape index (κ2) is 11.3. The fourth-order valence-corrected chi connectivity index (χ4v) is 3.20. The fraction of sp³-hybridized carbons (Fsp3) is 0.857. The number of likely N-dealkylation sites (N-methyl/N-ethyl adjacent to an activating group) is 1. The van der Waals surface area contributed by atoms with Crippen LogP contribution in [0.4, 0.5) is 4.79 Å². The molecule has 0 aromatic carbocycles. The predicted molar refractivity (Wildman–Crippen MR) is 117 cm³/mol. The maximum absolute atomic E-state index is 12.3. The maximum atomic E-state index is 12.3. The number of aliphatic imine (C=N–C) groups is 1. The summed E-state index contributed by atoms with van der Waals surface area (Å²) in [5.74, 6) is 0.561. The first-order chi connectivity index (χ1) is 13.5. The number of alkyl carbamates (subject to hydrolysis) is 1. The van der Waals surface area contributed by atoms with Crippen molar-refractivity contribution in [2.24, 2.45) is 4.99 Å². The third-order valence-corrected chi connectivity index (χ3v) is 5.28. The molecule has 168 valence electrons. The molecule has 3 N–H and O–H groups in total. The number of rotatable bonds is 8. The van der Waals surface area contributed by atoms with Gasteiger partial charge < -0.3 is 25.6 Å². The highest BCUT2D eigenvalue weighted by atomic mass is 16.6. The van der Waals surface area contributed by atoms with Crippen LogP contribution < -0.4 is 16.0 Å². The van der Waals surface area contributed by atoms with E-state index < -0.39 is 17.2 Å². The molecule has 0 aliphatic heterocycles. The molecule has 1 aliphatic carbocycles. The fourth-order valence-electron chi connectivity index (χ4n) is 3.20. The van der Waals surface area contributed by atoms with Crippen LogP contribution in [0.1, 0.15) is 73.1 Å². The third kappa shape index (κ3) is 9.37. The summed E-state index contributed by atoms with van der Waals surface area (Å²) >= 11 is 0. The number of hydrogen-bond acceptors (Lipinski definition) is 4. The van der Waals surface area contributed by atoms with Crippen molar-refractivity contribution in [3.63, 3.8) is 0 Å². The summed E-state index contributed by atoms with van der Waals surface area (Å²) in [5.41, 5.74) is -1.01. The first kappa shape index (κ1) is 25.0. The van der Waals surface area contributed by atoms with Crippen molar-refractivity contribution < 1.29 is 14.3 Å². The van der Waals surface area contributed by atoms with Crippen molar-refractivity contribution in [2.75, 3.05) is 27.2 Å². The van der Waals surface area contributed by atoms with Gasteiger partial charge in [0.2, 0.25) is 5.91 Å². The van der Waals surface area contributed by atoms with E-state index in [9.17, 15) is 9.59 Å². The Labute approximate surface area is 176 Å². The molecule has 0 aromatic heterocycles. The van der Waals surface area contributed by atoms with E-state index in [1.54, 1.807) is 14.1 Å². The second-order valence-electron chi connectivity index (χ2n) is 9.05.